The van der Waals surface area contributed by atoms with Crippen LogP contribution in [0.4, 0.5) is 0 Å². The molecule has 0 saturated heterocycles. The Bertz CT molecular complexity index is 309. The van der Waals surface area contributed by atoms with E-state index in [1.165, 1.54) is 21.3 Å². The van der Waals surface area contributed by atoms with Crippen LogP contribution >= 0.6 is 0 Å². The molecule has 0 aromatic heterocycles. The van der Waals surface area contributed by atoms with Gasteiger partial charge in [-0.05, 0) is 12.1 Å². The Balaban J connectivity index is 3.15. The van der Waals surface area contributed by atoms with Crippen LogP contribution in [0.25, 0.3) is 0 Å². The molecule has 0 fully saturated rings. The molecule has 1 aromatic carbocycles. The molecule has 1 N–H and O–H groups in total. The topological polar surface area (TPSA) is 57.2 Å². The number of benzene rings is 1. The van der Waals surface area contributed by atoms with Crippen LogP contribution < -0.4 is 9.47 Å². The van der Waals surface area contributed by atoms with Crippen molar-refractivity contribution in [1.82, 2.24) is 0 Å². The molecule has 0 aliphatic rings. The van der Waals surface area contributed by atoms with Crippen molar-refractivity contribution in [3.05, 3.63) is 23.8 Å². The number of ether oxygens (including phenoxy) is 3. The first kappa shape index (κ1) is 11.8. The van der Waals surface area contributed by atoms with E-state index in [0.717, 1.165) is 0 Å². The van der Waals surface area contributed by atoms with Crippen LogP contribution in [0.1, 0.15) is 11.9 Å². The van der Waals surface area contributed by atoms with Gasteiger partial charge in [0, 0.05) is 7.11 Å². The van der Waals surface area contributed by atoms with Crippen molar-refractivity contribution >= 4 is 0 Å². The minimum Gasteiger partial charge on any atom is -0.493 e. The fourth-order valence-corrected chi connectivity index (χ4v) is 1.32. The van der Waals surface area contributed by atoms with Crippen LogP contribution in [0.2, 0.25) is 0 Å². The van der Waals surface area contributed by atoms with Crippen molar-refractivity contribution in [2.45, 2.75) is 6.29 Å². The molecular formula is C10H14O5. The van der Waals surface area contributed by atoms with Crippen LogP contribution in [0, 0.1) is 0 Å². The highest BCUT2D eigenvalue weighted by Crippen LogP contribution is 2.35. The number of hydrogen-bond donors (Lipinski definition) is 1. The van der Waals surface area contributed by atoms with Gasteiger partial charge in [-0.25, -0.2) is 10.1 Å². The number of para-hydroxylation sites is 1. The van der Waals surface area contributed by atoms with E-state index in [2.05, 4.69) is 4.89 Å². The van der Waals surface area contributed by atoms with E-state index in [1.54, 1.807) is 18.2 Å². The second-order valence-electron chi connectivity index (χ2n) is 2.76. The molecule has 0 aliphatic heterocycles. The molecule has 84 valence electrons. The van der Waals surface area contributed by atoms with E-state index in [1.807, 2.05) is 0 Å². The molecule has 15 heavy (non-hydrogen) atoms. The fourth-order valence-electron chi connectivity index (χ4n) is 1.32. The lowest BCUT2D eigenvalue weighted by Crippen LogP contribution is -2.06. The van der Waals surface area contributed by atoms with Crippen molar-refractivity contribution in [3.8, 4) is 11.5 Å². The van der Waals surface area contributed by atoms with E-state index < -0.39 is 6.29 Å². The van der Waals surface area contributed by atoms with Crippen LogP contribution in [0.15, 0.2) is 18.2 Å². The molecule has 0 spiro atoms. The summed E-state index contributed by atoms with van der Waals surface area (Å²) in [4.78, 5) is 4.17. The van der Waals surface area contributed by atoms with Gasteiger partial charge in [0.15, 0.2) is 11.5 Å². The van der Waals surface area contributed by atoms with Crippen molar-refractivity contribution in [2.24, 2.45) is 0 Å². The SMILES string of the molecule is COc1cccc(C(OC)OO)c1OC. The summed E-state index contributed by atoms with van der Waals surface area (Å²) in [5.74, 6) is 1.02. The van der Waals surface area contributed by atoms with Crippen LogP contribution in [-0.2, 0) is 9.62 Å². The Labute approximate surface area is 88.1 Å². The third-order valence-electron chi connectivity index (χ3n) is 2.00. The second-order valence-corrected chi connectivity index (χ2v) is 2.76. The molecule has 0 aliphatic carbocycles. The maximum atomic E-state index is 8.64. The maximum absolute atomic E-state index is 8.64. The van der Waals surface area contributed by atoms with Crippen molar-refractivity contribution in [2.75, 3.05) is 21.3 Å². The fraction of sp³-hybridized carbons (Fsp3) is 0.400. The van der Waals surface area contributed by atoms with E-state index in [9.17, 15) is 0 Å². The summed E-state index contributed by atoms with van der Waals surface area (Å²) < 4.78 is 15.2. The lowest BCUT2D eigenvalue weighted by atomic mass is 10.2. The summed E-state index contributed by atoms with van der Waals surface area (Å²) in [6.07, 6.45) is -0.893. The summed E-state index contributed by atoms with van der Waals surface area (Å²) in [5.41, 5.74) is 0.557. The summed E-state index contributed by atoms with van der Waals surface area (Å²) in [6, 6.07) is 5.21. The second kappa shape index (κ2) is 5.55. The highest BCUT2D eigenvalue weighted by Gasteiger charge is 2.19. The molecule has 1 rings (SSSR count). The lowest BCUT2D eigenvalue weighted by Gasteiger charge is -2.17. The predicted molar refractivity (Wildman–Crippen MR) is 53.0 cm³/mol. The van der Waals surface area contributed by atoms with E-state index in [-0.39, 0.29) is 0 Å². The van der Waals surface area contributed by atoms with Crippen LogP contribution in [-0.4, -0.2) is 26.6 Å². The molecule has 0 radical (unpaired) electrons. The Hall–Kier alpha value is -1.30. The van der Waals surface area contributed by atoms with Gasteiger partial charge in [0.05, 0.1) is 19.8 Å². The van der Waals surface area contributed by atoms with Gasteiger partial charge < -0.3 is 14.2 Å². The van der Waals surface area contributed by atoms with Gasteiger partial charge in [0.2, 0.25) is 6.29 Å². The quantitative estimate of drug-likeness (QED) is 0.460. The molecule has 5 nitrogen and oxygen atoms in total. The molecule has 0 amide bonds. The number of hydrogen-bond acceptors (Lipinski definition) is 5. The first-order valence-electron chi connectivity index (χ1n) is 4.32. The number of rotatable bonds is 5. The predicted octanol–water partition coefficient (Wildman–Crippen LogP) is 1.84. The molecular weight excluding hydrogens is 200 g/mol. The number of methoxy groups -OCH3 is 3. The summed E-state index contributed by atoms with van der Waals surface area (Å²) in [5, 5.41) is 8.64. The molecule has 0 saturated carbocycles. The van der Waals surface area contributed by atoms with Crippen molar-refractivity contribution in [3.63, 3.8) is 0 Å². The summed E-state index contributed by atoms with van der Waals surface area (Å²) in [7, 11) is 4.45. The van der Waals surface area contributed by atoms with E-state index in [0.29, 0.717) is 17.1 Å². The summed E-state index contributed by atoms with van der Waals surface area (Å²) >= 11 is 0. The zero-order valence-corrected chi connectivity index (χ0v) is 8.89. The minimum atomic E-state index is -0.893. The van der Waals surface area contributed by atoms with Gasteiger partial charge in [-0.3, -0.25) is 0 Å². The monoisotopic (exact) mass is 214 g/mol. The molecule has 5 heteroatoms. The Kier molecular flexibility index (Phi) is 4.36. The summed E-state index contributed by atoms with van der Waals surface area (Å²) in [6.45, 7) is 0. The molecule has 1 atom stereocenters. The Morgan fingerprint density at radius 1 is 1.13 bits per heavy atom. The smallest absolute Gasteiger partial charge is 0.220 e. The van der Waals surface area contributed by atoms with Gasteiger partial charge in [-0.1, -0.05) is 6.07 Å². The third-order valence-corrected chi connectivity index (χ3v) is 2.00. The van der Waals surface area contributed by atoms with Crippen LogP contribution in [0.3, 0.4) is 0 Å². The van der Waals surface area contributed by atoms with Gasteiger partial charge in [0.25, 0.3) is 0 Å². The molecule has 1 aromatic rings. The average molecular weight is 214 g/mol. The average Bonchev–Trinajstić information content (AvgIpc) is 2.30. The standard InChI is InChI=1S/C10H14O5/c1-12-8-6-4-5-7(9(8)13-2)10(14-3)15-11/h4-6,10-11H,1-3H3. The molecule has 0 bridgehead atoms. The van der Waals surface area contributed by atoms with E-state index >= 15 is 0 Å². The highest BCUT2D eigenvalue weighted by atomic mass is 17.1. The van der Waals surface area contributed by atoms with Gasteiger partial charge >= 0.3 is 0 Å². The normalized spacial score (nSPS) is 12.3. The third kappa shape index (κ3) is 2.38. The minimum absolute atomic E-state index is 0.473. The first-order chi connectivity index (χ1) is 7.28. The largest absolute Gasteiger partial charge is 0.493 e. The first-order valence-corrected chi connectivity index (χ1v) is 4.32. The van der Waals surface area contributed by atoms with Gasteiger partial charge in [-0.15, -0.1) is 0 Å². The Morgan fingerprint density at radius 3 is 2.33 bits per heavy atom. The molecule has 0 heterocycles. The molecule has 1 unspecified atom stereocenters. The highest BCUT2D eigenvalue weighted by molar-refractivity contribution is 5.47. The van der Waals surface area contributed by atoms with Gasteiger partial charge in [0.1, 0.15) is 0 Å². The van der Waals surface area contributed by atoms with Crippen LogP contribution in [0.5, 0.6) is 11.5 Å². The Morgan fingerprint density at radius 2 is 1.87 bits per heavy atom. The van der Waals surface area contributed by atoms with Crippen molar-refractivity contribution in [1.29, 1.82) is 0 Å². The lowest BCUT2D eigenvalue weighted by molar-refractivity contribution is -0.345. The zero-order chi connectivity index (χ0) is 11.3. The van der Waals surface area contributed by atoms with Gasteiger partial charge in [-0.2, -0.15) is 0 Å². The maximum Gasteiger partial charge on any atom is 0.220 e. The van der Waals surface area contributed by atoms with Crippen molar-refractivity contribution < 1.29 is 24.4 Å². The van der Waals surface area contributed by atoms with E-state index in [4.69, 9.17) is 19.5 Å². The zero-order valence-electron chi connectivity index (χ0n) is 8.89.